The molecule has 172 valence electrons. The minimum absolute atomic E-state index is 0.112. The van der Waals surface area contributed by atoms with E-state index in [-0.39, 0.29) is 23.7 Å². The van der Waals surface area contributed by atoms with Crippen LogP contribution < -0.4 is 11.0 Å². The number of methoxy groups -OCH3 is 1. The number of amides is 1. The highest BCUT2D eigenvalue weighted by atomic mass is 79.9. The molecule has 7 nitrogen and oxygen atoms in total. The van der Waals surface area contributed by atoms with Gasteiger partial charge in [0.15, 0.2) is 0 Å². The van der Waals surface area contributed by atoms with E-state index >= 15 is 0 Å². The molecule has 8 heteroatoms. The smallest absolute Gasteiger partial charge is 0.355 e. The number of hydrogen-bond acceptors (Lipinski definition) is 5. The van der Waals surface area contributed by atoms with Gasteiger partial charge >= 0.3 is 5.97 Å². The fraction of sp³-hybridized carbons (Fsp3) is 0.115. The lowest BCUT2D eigenvalue weighted by Crippen LogP contribution is -2.28. The Hall–Kier alpha value is -3.75. The predicted octanol–water partition coefficient (Wildman–Crippen LogP) is 4.56. The maximum absolute atomic E-state index is 13.6. The number of aromatic nitrogens is 1. The second-order valence-electron chi connectivity index (χ2n) is 7.49. The Morgan fingerprint density at radius 1 is 0.941 bits per heavy atom. The number of carbonyl (C=O) groups is 2. The first kappa shape index (κ1) is 23.4. The first-order valence-corrected chi connectivity index (χ1v) is 11.2. The van der Waals surface area contributed by atoms with Crippen LogP contribution in [0.2, 0.25) is 0 Å². The number of halogens is 1. The molecule has 0 unspecified atom stereocenters. The summed E-state index contributed by atoms with van der Waals surface area (Å²) in [5.74, 6) is -1.00. The fourth-order valence-corrected chi connectivity index (χ4v) is 4.23. The lowest BCUT2D eigenvalue weighted by Gasteiger charge is -2.19. The second-order valence-corrected chi connectivity index (χ2v) is 8.41. The number of pyridine rings is 1. The molecular formula is C26H21BrN2O5. The molecule has 4 aromatic rings. The standard InChI is InChI=1S/C26H21BrN2O5/c1-33-26(32)23-22(17-6-4-3-5-7-17)21-14-19(27)12-13-20(21)25(31)29(23)15-16-8-10-18(11-9-16)24(30)28-34-2/h3-14H,15H2,1-2H3,(H,28,30). The number of fused-ring (bicyclic) bond motifs is 1. The number of nitrogens with zero attached hydrogens (tertiary/aromatic N) is 1. The molecule has 0 bridgehead atoms. The third-order valence-electron chi connectivity index (χ3n) is 5.43. The van der Waals surface area contributed by atoms with Crippen molar-refractivity contribution in [1.82, 2.24) is 10.0 Å². The molecule has 1 N–H and O–H groups in total. The molecule has 1 aromatic heterocycles. The summed E-state index contributed by atoms with van der Waals surface area (Å²) in [6.07, 6.45) is 0. The number of benzene rings is 3. The van der Waals surface area contributed by atoms with Crippen molar-refractivity contribution in [3.8, 4) is 11.1 Å². The van der Waals surface area contributed by atoms with Gasteiger partial charge in [-0.2, -0.15) is 0 Å². The first-order chi connectivity index (χ1) is 16.4. The van der Waals surface area contributed by atoms with Crippen molar-refractivity contribution < 1.29 is 19.2 Å². The summed E-state index contributed by atoms with van der Waals surface area (Å²) in [5.41, 5.74) is 4.63. The van der Waals surface area contributed by atoms with Crippen LogP contribution >= 0.6 is 15.9 Å². The predicted molar refractivity (Wildman–Crippen MR) is 133 cm³/mol. The Morgan fingerprint density at radius 3 is 2.29 bits per heavy atom. The summed E-state index contributed by atoms with van der Waals surface area (Å²) in [5, 5.41) is 1.12. The molecule has 0 saturated carbocycles. The quantitative estimate of drug-likeness (QED) is 0.297. The zero-order valence-corrected chi connectivity index (χ0v) is 20.1. The summed E-state index contributed by atoms with van der Waals surface area (Å²) in [6, 6.07) is 21.5. The zero-order chi connectivity index (χ0) is 24.2. The number of ether oxygens (including phenoxy) is 1. The number of rotatable bonds is 6. The van der Waals surface area contributed by atoms with Crippen LogP contribution in [0.1, 0.15) is 26.4 Å². The van der Waals surface area contributed by atoms with Gasteiger partial charge in [-0.1, -0.05) is 58.4 Å². The van der Waals surface area contributed by atoms with Crippen molar-refractivity contribution in [2.45, 2.75) is 6.54 Å². The number of hydroxylamine groups is 1. The Labute approximate surface area is 204 Å². The van der Waals surface area contributed by atoms with Crippen molar-refractivity contribution in [1.29, 1.82) is 0 Å². The molecule has 0 radical (unpaired) electrons. The summed E-state index contributed by atoms with van der Waals surface area (Å²) in [6.45, 7) is 0.112. The van der Waals surface area contributed by atoms with Gasteiger partial charge in [0.05, 0.1) is 20.8 Å². The van der Waals surface area contributed by atoms with E-state index in [9.17, 15) is 14.4 Å². The highest BCUT2D eigenvalue weighted by Gasteiger charge is 2.24. The summed E-state index contributed by atoms with van der Waals surface area (Å²) < 4.78 is 7.32. The number of carbonyl (C=O) groups excluding carboxylic acids is 2. The third-order valence-corrected chi connectivity index (χ3v) is 5.92. The lowest BCUT2D eigenvalue weighted by molar-refractivity contribution is 0.0537. The van der Waals surface area contributed by atoms with E-state index in [1.54, 1.807) is 36.4 Å². The third kappa shape index (κ3) is 4.50. The van der Waals surface area contributed by atoms with Gasteiger partial charge < -0.3 is 4.74 Å². The lowest BCUT2D eigenvalue weighted by atomic mass is 9.96. The molecule has 0 atom stereocenters. The molecule has 0 saturated heterocycles. The number of nitrogens with one attached hydrogen (secondary N) is 1. The van der Waals surface area contributed by atoms with Gasteiger partial charge in [-0.3, -0.25) is 19.0 Å². The summed E-state index contributed by atoms with van der Waals surface area (Å²) in [7, 11) is 2.65. The van der Waals surface area contributed by atoms with Gasteiger partial charge in [-0.25, -0.2) is 10.3 Å². The van der Waals surface area contributed by atoms with Gasteiger partial charge in [0.2, 0.25) is 0 Å². The van der Waals surface area contributed by atoms with Crippen molar-refractivity contribution >= 4 is 38.6 Å². The first-order valence-electron chi connectivity index (χ1n) is 10.4. The molecule has 0 aliphatic rings. The van der Waals surface area contributed by atoms with E-state index in [1.807, 2.05) is 36.4 Å². The van der Waals surface area contributed by atoms with Crippen LogP contribution in [0.5, 0.6) is 0 Å². The Kier molecular flexibility index (Phi) is 6.90. The minimum Gasteiger partial charge on any atom is -0.464 e. The molecule has 0 fully saturated rings. The molecule has 4 rings (SSSR count). The van der Waals surface area contributed by atoms with Gasteiger partial charge in [0.25, 0.3) is 11.5 Å². The maximum Gasteiger partial charge on any atom is 0.355 e. The van der Waals surface area contributed by atoms with Crippen molar-refractivity contribution in [2.24, 2.45) is 0 Å². The maximum atomic E-state index is 13.6. The average molecular weight is 521 g/mol. The summed E-state index contributed by atoms with van der Waals surface area (Å²) >= 11 is 3.48. The zero-order valence-electron chi connectivity index (χ0n) is 18.5. The van der Waals surface area contributed by atoms with E-state index in [1.165, 1.54) is 18.8 Å². The largest absolute Gasteiger partial charge is 0.464 e. The number of esters is 1. The summed E-state index contributed by atoms with van der Waals surface area (Å²) in [4.78, 5) is 43.3. The van der Waals surface area contributed by atoms with Gasteiger partial charge in [-0.05, 0) is 46.8 Å². The minimum atomic E-state index is -0.617. The normalized spacial score (nSPS) is 10.8. The van der Waals surface area contributed by atoms with E-state index in [0.717, 1.165) is 15.6 Å². The second kappa shape index (κ2) is 10.0. The van der Waals surface area contributed by atoms with Crippen molar-refractivity contribution in [2.75, 3.05) is 14.2 Å². The van der Waals surface area contributed by atoms with Crippen LogP contribution in [0.3, 0.4) is 0 Å². The van der Waals surface area contributed by atoms with Gasteiger partial charge in [0, 0.05) is 21.0 Å². The monoisotopic (exact) mass is 520 g/mol. The molecule has 0 aliphatic carbocycles. The van der Waals surface area contributed by atoms with Crippen LogP contribution in [0.4, 0.5) is 0 Å². The highest BCUT2D eigenvalue weighted by Crippen LogP contribution is 2.33. The van der Waals surface area contributed by atoms with Crippen molar-refractivity contribution in [3.05, 3.63) is 104 Å². The SMILES string of the molecule is CONC(=O)c1ccc(Cn2c(C(=O)OC)c(-c3ccccc3)c3cc(Br)ccc3c2=O)cc1. The average Bonchev–Trinajstić information content (AvgIpc) is 2.86. The molecule has 0 aliphatic heterocycles. The molecule has 0 spiro atoms. The van der Waals surface area contributed by atoms with Crippen LogP contribution in [0.25, 0.3) is 21.9 Å². The Bertz CT molecular complexity index is 1430. The van der Waals surface area contributed by atoms with Crippen LogP contribution in [-0.4, -0.2) is 30.7 Å². The molecule has 34 heavy (non-hydrogen) atoms. The molecule has 1 amide bonds. The van der Waals surface area contributed by atoms with Crippen LogP contribution in [0, 0.1) is 0 Å². The van der Waals surface area contributed by atoms with E-state index in [2.05, 4.69) is 26.2 Å². The van der Waals surface area contributed by atoms with Crippen LogP contribution in [-0.2, 0) is 16.1 Å². The molecule has 3 aromatic carbocycles. The van der Waals surface area contributed by atoms with E-state index in [0.29, 0.717) is 21.9 Å². The topological polar surface area (TPSA) is 86.6 Å². The highest BCUT2D eigenvalue weighted by molar-refractivity contribution is 9.10. The van der Waals surface area contributed by atoms with Gasteiger partial charge in [0.1, 0.15) is 5.69 Å². The van der Waals surface area contributed by atoms with Crippen LogP contribution in [0.15, 0.2) is 82.1 Å². The van der Waals surface area contributed by atoms with Gasteiger partial charge in [-0.15, -0.1) is 0 Å². The van der Waals surface area contributed by atoms with E-state index in [4.69, 9.17) is 4.74 Å². The van der Waals surface area contributed by atoms with Crippen molar-refractivity contribution in [3.63, 3.8) is 0 Å². The number of hydrogen-bond donors (Lipinski definition) is 1. The molecular weight excluding hydrogens is 500 g/mol. The Morgan fingerprint density at radius 2 is 1.65 bits per heavy atom. The van der Waals surface area contributed by atoms with E-state index < -0.39 is 5.97 Å². The molecule has 1 heterocycles. The fourth-order valence-electron chi connectivity index (χ4n) is 3.87. The Balaban J connectivity index is 1.96.